The molecule has 0 fully saturated rings. The molecule has 9 nitrogen and oxygen atoms in total. The van der Waals surface area contributed by atoms with E-state index in [-0.39, 0.29) is 32.0 Å². The number of allylic oxidation sites excluding steroid dienone is 10. The summed E-state index contributed by atoms with van der Waals surface area (Å²) in [5.74, 6) is -0.836. The van der Waals surface area contributed by atoms with E-state index in [0.29, 0.717) is 17.4 Å². The average Bonchev–Trinajstić information content (AvgIpc) is 3.24. The fourth-order valence-electron chi connectivity index (χ4n) is 6.86. The van der Waals surface area contributed by atoms with Crippen LogP contribution in [0.25, 0.3) is 0 Å². The average molecular weight is 906 g/mol. The molecule has 0 aliphatic heterocycles. The van der Waals surface area contributed by atoms with Crippen molar-refractivity contribution in [3.05, 3.63) is 60.8 Å². The molecule has 0 aliphatic rings. The Labute approximate surface area is 387 Å². The molecule has 2 atom stereocenters. The minimum absolute atomic E-state index is 0.0308. The molecule has 0 aromatic rings. The Morgan fingerprint density at radius 3 is 1.35 bits per heavy atom. The Bertz CT molecular complexity index is 1250. The Balaban J connectivity index is 4.01. The van der Waals surface area contributed by atoms with Gasteiger partial charge >= 0.3 is 11.9 Å². The van der Waals surface area contributed by atoms with E-state index in [0.717, 1.165) is 70.6 Å². The third kappa shape index (κ3) is 49.0. The summed E-state index contributed by atoms with van der Waals surface area (Å²) < 4.78 is 33.9. The van der Waals surface area contributed by atoms with Gasteiger partial charge in [-0.15, -0.1) is 0 Å². The zero-order valence-electron chi connectivity index (χ0n) is 41.3. The van der Waals surface area contributed by atoms with Crippen LogP contribution >= 0.6 is 7.82 Å². The van der Waals surface area contributed by atoms with Crippen molar-refractivity contribution in [1.82, 2.24) is 0 Å². The summed E-state index contributed by atoms with van der Waals surface area (Å²) in [5, 5.41) is 0. The van der Waals surface area contributed by atoms with Gasteiger partial charge in [-0.25, -0.2) is 0 Å². The number of nitrogens with zero attached hydrogens (tertiary/aromatic N) is 1. The molecular formula is C53H96NO8P. The van der Waals surface area contributed by atoms with Gasteiger partial charge in [0, 0.05) is 12.8 Å². The fraction of sp³-hybridized carbons (Fsp3) is 0.774. The largest absolute Gasteiger partial charge is 0.756 e. The van der Waals surface area contributed by atoms with Gasteiger partial charge in [0.25, 0.3) is 7.82 Å². The molecule has 0 aromatic heterocycles. The quantitative estimate of drug-likeness (QED) is 0.0195. The molecular weight excluding hydrogens is 810 g/mol. The third-order valence-electron chi connectivity index (χ3n) is 10.8. The number of hydrogen-bond acceptors (Lipinski definition) is 8. The first-order valence-corrected chi connectivity index (χ1v) is 27.0. The summed E-state index contributed by atoms with van der Waals surface area (Å²) in [6.45, 7) is 4.09. The zero-order chi connectivity index (χ0) is 46.4. The first-order chi connectivity index (χ1) is 30.5. The van der Waals surface area contributed by atoms with E-state index < -0.39 is 26.5 Å². The maximum absolute atomic E-state index is 12.7. The maximum Gasteiger partial charge on any atom is 0.306 e. The van der Waals surface area contributed by atoms with Crippen LogP contribution in [0.4, 0.5) is 0 Å². The highest BCUT2D eigenvalue weighted by Crippen LogP contribution is 2.38. The number of ether oxygens (including phenoxy) is 2. The van der Waals surface area contributed by atoms with Crippen LogP contribution in [0.2, 0.25) is 0 Å². The lowest BCUT2D eigenvalue weighted by molar-refractivity contribution is -0.870. The third-order valence-corrected chi connectivity index (χ3v) is 11.8. The summed E-state index contributed by atoms with van der Waals surface area (Å²) in [7, 11) is 1.17. The number of phosphoric acid groups is 1. The van der Waals surface area contributed by atoms with E-state index >= 15 is 0 Å². The highest BCUT2D eigenvalue weighted by Gasteiger charge is 2.21. The predicted molar refractivity (Wildman–Crippen MR) is 263 cm³/mol. The van der Waals surface area contributed by atoms with Crippen LogP contribution in [0, 0.1) is 0 Å². The number of carbonyl (C=O) groups is 2. The molecule has 0 N–H and O–H groups in total. The Morgan fingerprint density at radius 2 is 0.905 bits per heavy atom. The number of unbranched alkanes of at least 4 members (excludes halogenated alkanes) is 22. The molecule has 0 radical (unpaired) electrons. The SMILES string of the molecule is CC/C=C\C/C=C\C/C=C\C/C=C\C/C=C\CCCCCCCCCCCCCCCCCC(=O)OC(COC(=O)CCCCCCCCCC)COP(=O)([O-])OCC[N+](C)(C)C. The molecule has 0 amide bonds. The summed E-state index contributed by atoms with van der Waals surface area (Å²) in [6, 6.07) is 0. The second kappa shape index (κ2) is 44.9. The van der Waals surface area contributed by atoms with Gasteiger partial charge in [0.05, 0.1) is 27.7 Å². The molecule has 0 aliphatic carbocycles. The van der Waals surface area contributed by atoms with Gasteiger partial charge < -0.3 is 27.9 Å². The Morgan fingerprint density at radius 1 is 0.508 bits per heavy atom. The van der Waals surface area contributed by atoms with E-state index in [1.165, 1.54) is 109 Å². The normalized spacial score (nSPS) is 13.9. The smallest absolute Gasteiger partial charge is 0.306 e. The summed E-state index contributed by atoms with van der Waals surface area (Å²) in [6.07, 6.45) is 55.7. The van der Waals surface area contributed by atoms with Gasteiger partial charge in [0.2, 0.25) is 0 Å². The van der Waals surface area contributed by atoms with Crippen molar-refractivity contribution in [2.75, 3.05) is 47.5 Å². The van der Waals surface area contributed by atoms with Crippen LogP contribution in [0.1, 0.15) is 213 Å². The molecule has 366 valence electrons. The van der Waals surface area contributed by atoms with Crippen molar-refractivity contribution in [3.63, 3.8) is 0 Å². The zero-order valence-corrected chi connectivity index (χ0v) is 42.2. The van der Waals surface area contributed by atoms with Crippen LogP contribution in [-0.4, -0.2) is 70.0 Å². The molecule has 0 heterocycles. The lowest BCUT2D eigenvalue weighted by Crippen LogP contribution is -2.37. The van der Waals surface area contributed by atoms with Gasteiger partial charge in [0.1, 0.15) is 19.8 Å². The Kier molecular flexibility index (Phi) is 43.3. The van der Waals surface area contributed by atoms with E-state index in [1.54, 1.807) is 0 Å². The predicted octanol–water partition coefficient (Wildman–Crippen LogP) is 14.6. The van der Waals surface area contributed by atoms with Crippen molar-refractivity contribution in [1.29, 1.82) is 0 Å². The van der Waals surface area contributed by atoms with Crippen LogP contribution < -0.4 is 4.89 Å². The van der Waals surface area contributed by atoms with E-state index in [4.69, 9.17) is 18.5 Å². The van der Waals surface area contributed by atoms with Crippen molar-refractivity contribution < 1.29 is 42.1 Å². The monoisotopic (exact) mass is 906 g/mol. The van der Waals surface area contributed by atoms with Gasteiger partial charge in [0.15, 0.2) is 6.10 Å². The second-order valence-corrected chi connectivity index (χ2v) is 19.6. The summed E-state index contributed by atoms with van der Waals surface area (Å²) >= 11 is 0. The number of quaternary nitrogens is 1. The second-order valence-electron chi connectivity index (χ2n) is 18.2. The minimum atomic E-state index is -4.62. The minimum Gasteiger partial charge on any atom is -0.756 e. The number of carbonyl (C=O) groups excluding carboxylic acids is 2. The highest BCUT2D eigenvalue weighted by atomic mass is 31.2. The fourth-order valence-corrected chi connectivity index (χ4v) is 7.59. The van der Waals surface area contributed by atoms with Gasteiger partial charge in [-0.1, -0.05) is 203 Å². The number of rotatable bonds is 46. The maximum atomic E-state index is 12.7. The van der Waals surface area contributed by atoms with Crippen LogP contribution in [0.3, 0.4) is 0 Å². The molecule has 0 saturated heterocycles. The van der Waals surface area contributed by atoms with Gasteiger partial charge in [-0.2, -0.15) is 0 Å². The van der Waals surface area contributed by atoms with Crippen LogP contribution in [-0.2, 0) is 32.7 Å². The topological polar surface area (TPSA) is 111 Å². The molecule has 0 saturated carbocycles. The van der Waals surface area contributed by atoms with Crippen molar-refractivity contribution in [2.24, 2.45) is 0 Å². The molecule has 63 heavy (non-hydrogen) atoms. The first-order valence-electron chi connectivity index (χ1n) is 25.5. The number of esters is 2. The first kappa shape index (κ1) is 60.7. The number of likely N-dealkylation sites (N-methyl/N-ethyl adjacent to an activating group) is 1. The van der Waals surface area contributed by atoms with Crippen LogP contribution in [0.5, 0.6) is 0 Å². The summed E-state index contributed by atoms with van der Waals surface area (Å²) in [4.78, 5) is 37.5. The van der Waals surface area contributed by atoms with E-state index in [2.05, 4.69) is 74.6 Å². The lowest BCUT2D eigenvalue weighted by atomic mass is 10.0. The number of phosphoric ester groups is 1. The molecule has 0 bridgehead atoms. The standard InChI is InChI=1S/C53H96NO8P/c1-6-8-10-12-14-16-17-18-19-20-21-22-23-24-25-26-27-28-29-30-31-32-33-34-35-36-37-38-40-42-44-46-53(56)62-51(50-61-63(57,58)60-48-47-54(3,4)5)49-59-52(55)45-43-41-39-15-13-11-9-7-2/h8,10,14,16,18-19,21-22,24-25,51H,6-7,9,11-13,15,17,20,23,26-50H2,1-5H3/b10-8-,16-14-,19-18-,22-21-,25-24-. The van der Waals surface area contributed by atoms with Crippen molar-refractivity contribution in [3.8, 4) is 0 Å². The van der Waals surface area contributed by atoms with Gasteiger partial charge in [-0.05, 0) is 57.8 Å². The molecule has 0 rings (SSSR count). The Hall–Kier alpha value is -2.29. The molecule has 0 aromatic carbocycles. The molecule has 2 unspecified atom stereocenters. The summed E-state index contributed by atoms with van der Waals surface area (Å²) in [5.41, 5.74) is 0. The van der Waals surface area contributed by atoms with Gasteiger partial charge in [-0.3, -0.25) is 14.2 Å². The highest BCUT2D eigenvalue weighted by molar-refractivity contribution is 7.45. The lowest BCUT2D eigenvalue weighted by Gasteiger charge is -2.28. The molecule has 10 heteroatoms. The molecule has 0 spiro atoms. The van der Waals surface area contributed by atoms with Crippen LogP contribution in [0.15, 0.2) is 60.8 Å². The van der Waals surface area contributed by atoms with Crippen molar-refractivity contribution in [2.45, 2.75) is 219 Å². The van der Waals surface area contributed by atoms with E-state index in [1.807, 2.05) is 21.1 Å². The van der Waals surface area contributed by atoms with Crippen molar-refractivity contribution >= 4 is 19.8 Å². The number of hydrogen-bond donors (Lipinski definition) is 0. The van der Waals surface area contributed by atoms with E-state index in [9.17, 15) is 19.0 Å².